The van der Waals surface area contributed by atoms with E-state index < -0.39 is 23.0 Å². The fourth-order valence-electron chi connectivity index (χ4n) is 2.37. The molecule has 9 heteroatoms. The molecular weight excluding hydrogens is 395 g/mol. The highest BCUT2D eigenvalue weighted by Crippen LogP contribution is 2.32. The summed E-state index contributed by atoms with van der Waals surface area (Å²) in [7, 11) is 1.40. The Balaban J connectivity index is 2.10. The first-order chi connectivity index (χ1) is 12.7. The second-order valence-electron chi connectivity index (χ2n) is 5.75. The van der Waals surface area contributed by atoms with Gasteiger partial charge in [0.25, 0.3) is 5.91 Å². The summed E-state index contributed by atoms with van der Waals surface area (Å²) in [6.45, 7) is 3.26. The first kappa shape index (κ1) is 20.8. The number of hydrogen-bond donors (Lipinski definition) is 1. The Hall–Kier alpha value is -2.51. The van der Waals surface area contributed by atoms with Crippen LogP contribution in [0.3, 0.4) is 0 Å². The quantitative estimate of drug-likeness (QED) is 0.531. The lowest BCUT2D eigenvalue weighted by atomic mass is 10.1. The largest absolute Gasteiger partial charge is 0.496 e. The molecule has 1 N–H and O–H groups in total. The number of nitrogens with zero attached hydrogens (tertiary/aromatic N) is 1. The van der Waals surface area contributed by atoms with Crippen molar-refractivity contribution in [1.82, 2.24) is 5.32 Å². The zero-order valence-electron chi connectivity index (χ0n) is 14.9. The van der Waals surface area contributed by atoms with E-state index >= 15 is 0 Å². The molecule has 144 valence electrons. The van der Waals surface area contributed by atoms with Gasteiger partial charge in [-0.1, -0.05) is 29.3 Å². The topological polar surface area (TPSA) is 90.7 Å². The number of nitro groups is 1. The highest BCUT2D eigenvalue weighted by molar-refractivity contribution is 6.35. The summed E-state index contributed by atoms with van der Waals surface area (Å²) >= 11 is 12.0. The summed E-state index contributed by atoms with van der Waals surface area (Å²) in [5, 5.41) is 14.9. The summed E-state index contributed by atoms with van der Waals surface area (Å²) < 4.78 is 10.5. The molecule has 0 radical (unpaired) electrons. The minimum atomic E-state index is -0.967. The summed E-state index contributed by atoms with van der Waals surface area (Å²) in [5.74, 6) is -0.156. The third kappa shape index (κ3) is 5.24. The maximum Gasteiger partial charge on any atom is 0.314 e. The summed E-state index contributed by atoms with van der Waals surface area (Å²) in [5.41, 5.74) is 0.403. The Morgan fingerprint density at radius 1 is 1.19 bits per heavy atom. The van der Waals surface area contributed by atoms with Crippen molar-refractivity contribution in [2.45, 2.75) is 26.0 Å². The first-order valence-electron chi connectivity index (χ1n) is 7.97. The number of hydrogen-bond acceptors (Lipinski definition) is 5. The molecule has 2 aromatic carbocycles. The van der Waals surface area contributed by atoms with Crippen molar-refractivity contribution in [3.63, 3.8) is 0 Å². The fraction of sp³-hybridized carbons (Fsp3) is 0.278. The molecule has 7 nitrogen and oxygen atoms in total. The predicted octanol–water partition coefficient (Wildman–Crippen LogP) is 4.55. The Morgan fingerprint density at radius 2 is 1.89 bits per heavy atom. The summed E-state index contributed by atoms with van der Waals surface area (Å²) in [6.07, 6.45) is -0.967. The number of nitrogens with one attached hydrogen (secondary N) is 1. The third-order valence-corrected chi connectivity index (χ3v) is 4.39. The number of methoxy groups -OCH3 is 1. The predicted molar refractivity (Wildman–Crippen MR) is 103 cm³/mol. The average Bonchev–Trinajstić information content (AvgIpc) is 2.61. The zero-order chi connectivity index (χ0) is 20.1. The van der Waals surface area contributed by atoms with Crippen LogP contribution < -0.4 is 14.8 Å². The van der Waals surface area contributed by atoms with Gasteiger partial charge in [0, 0.05) is 10.0 Å². The molecular formula is C18H18Cl2N2O5. The van der Waals surface area contributed by atoms with E-state index in [1.807, 2.05) is 0 Å². The van der Waals surface area contributed by atoms with E-state index in [9.17, 15) is 14.9 Å². The number of nitro benzene ring substituents is 1. The van der Waals surface area contributed by atoms with E-state index in [1.54, 1.807) is 25.1 Å². The number of carbonyl (C=O) groups is 1. The Morgan fingerprint density at radius 3 is 2.48 bits per heavy atom. The number of halogens is 2. The normalized spacial score (nSPS) is 12.8. The summed E-state index contributed by atoms with van der Waals surface area (Å²) in [4.78, 5) is 23.0. The highest BCUT2D eigenvalue weighted by atomic mass is 35.5. The fourth-order valence-corrected chi connectivity index (χ4v) is 2.94. The van der Waals surface area contributed by atoms with Gasteiger partial charge in [0.05, 0.1) is 24.1 Å². The average molecular weight is 413 g/mol. The lowest BCUT2D eigenvalue weighted by molar-refractivity contribution is -0.386. The SMILES string of the molecule is COc1ccc(O[C@@H](C)C(=O)N[C@@H](C)c2ccc(Cl)cc2Cl)c([N+](=O)[O-])c1. The van der Waals surface area contributed by atoms with Gasteiger partial charge < -0.3 is 14.8 Å². The molecule has 0 saturated heterocycles. The standard InChI is InChI=1S/C18H18Cl2N2O5/c1-10(14-6-4-12(19)8-15(14)20)21-18(23)11(2)27-17-7-5-13(26-3)9-16(17)22(24)25/h4-11H,1-3H3,(H,21,23)/t10-,11-/m0/s1. The molecule has 2 rings (SSSR count). The van der Waals surface area contributed by atoms with Crippen LogP contribution in [0.4, 0.5) is 5.69 Å². The van der Waals surface area contributed by atoms with Gasteiger partial charge in [-0.05, 0) is 43.7 Å². The minimum absolute atomic E-state index is 0.0272. The van der Waals surface area contributed by atoms with Gasteiger partial charge in [-0.25, -0.2) is 0 Å². The molecule has 0 aliphatic rings. The van der Waals surface area contributed by atoms with E-state index in [1.165, 1.54) is 32.2 Å². The Bertz CT molecular complexity index is 860. The van der Waals surface area contributed by atoms with Gasteiger partial charge >= 0.3 is 5.69 Å². The molecule has 27 heavy (non-hydrogen) atoms. The smallest absolute Gasteiger partial charge is 0.314 e. The molecule has 0 bridgehead atoms. The van der Waals surface area contributed by atoms with Crippen LogP contribution >= 0.6 is 23.2 Å². The van der Waals surface area contributed by atoms with Crippen LogP contribution in [0.2, 0.25) is 10.0 Å². The molecule has 0 heterocycles. The van der Waals surface area contributed by atoms with Crippen LogP contribution in [0.15, 0.2) is 36.4 Å². The van der Waals surface area contributed by atoms with Crippen molar-refractivity contribution in [3.05, 3.63) is 62.1 Å². The van der Waals surface area contributed by atoms with Gasteiger partial charge in [0.15, 0.2) is 11.9 Å². The highest BCUT2D eigenvalue weighted by Gasteiger charge is 2.23. The molecule has 1 amide bonds. The van der Waals surface area contributed by atoms with E-state index in [0.29, 0.717) is 21.4 Å². The van der Waals surface area contributed by atoms with Crippen LogP contribution in [0.1, 0.15) is 25.5 Å². The van der Waals surface area contributed by atoms with Gasteiger partial charge in [0.1, 0.15) is 5.75 Å². The van der Waals surface area contributed by atoms with Gasteiger partial charge in [0.2, 0.25) is 0 Å². The monoisotopic (exact) mass is 412 g/mol. The van der Waals surface area contributed by atoms with Crippen LogP contribution in [0.25, 0.3) is 0 Å². The maximum absolute atomic E-state index is 12.4. The van der Waals surface area contributed by atoms with E-state index in [0.717, 1.165) is 0 Å². The number of carbonyl (C=O) groups excluding carboxylic acids is 1. The van der Waals surface area contributed by atoms with Gasteiger partial charge in [-0.15, -0.1) is 0 Å². The molecule has 0 aliphatic heterocycles. The van der Waals surface area contributed by atoms with Crippen LogP contribution in [-0.4, -0.2) is 24.0 Å². The maximum atomic E-state index is 12.4. The van der Waals surface area contributed by atoms with E-state index in [-0.39, 0.29) is 11.4 Å². The molecule has 2 atom stereocenters. The molecule has 0 fully saturated rings. The van der Waals surface area contributed by atoms with Gasteiger partial charge in [-0.2, -0.15) is 0 Å². The Labute approximate surface area is 166 Å². The number of amides is 1. The molecule has 0 aromatic heterocycles. The van der Waals surface area contributed by atoms with Crippen molar-refractivity contribution >= 4 is 34.8 Å². The number of ether oxygens (including phenoxy) is 2. The minimum Gasteiger partial charge on any atom is -0.496 e. The van der Waals surface area contributed by atoms with Crippen molar-refractivity contribution in [2.24, 2.45) is 0 Å². The molecule has 0 unspecified atom stereocenters. The van der Waals surface area contributed by atoms with Crippen molar-refractivity contribution in [2.75, 3.05) is 7.11 Å². The zero-order valence-corrected chi connectivity index (χ0v) is 16.4. The van der Waals surface area contributed by atoms with Crippen molar-refractivity contribution in [3.8, 4) is 11.5 Å². The van der Waals surface area contributed by atoms with E-state index in [4.69, 9.17) is 32.7 Å². The molecule has 0 spiro atoms. The van der Waals surface area contributed by atoms with Crippen LogP contribution in [-0.2, 0) is 4.79 Å². The lowest BCUT2D eigenvalue weighted by Gasteiger charge is -2.20. The number of rotatable bonds is 7. The van der Waals surface area contributed by atoms with Crippen molar-refractivity contribution < 1.29 is 19.2 Å². The van der Waals surface area contributed by atoms with E-state index in [2.05, 4.69) is 5.32 Å². The molecule has 0 saturated carbocycles. The second-order valence-corrected chi connectivity index (χ2v) is 6.59. The second kappa shape index (κ2) is 8.92. The molecule has 2 aromatic rings. The number of benzene rings is 2. The lowest BCUT2D eigenvalue weighted by Crippen LogP contribution is -2.37. The first-order valence-corrected chi connectivity index (χ1v) is 8.73. The molecule has 0 aliphatic carbocycles. The van der Waals surface area contributed by atoms with Crippen LogP contribution in [0, 0.1) is 10.1 Å². The third-order valence-electron chi connectivity index (χ3n) is 3.82. The Kier molecular flexibility index (Phi) is 6.87. The van der Waals surface area contributed by atoms with Crippen molar-refractivity contribution in [1.29, 1.82) is 0 Å². The summed E-state index contributed by atoms with van der Waals surface area (Å²) in [6, 6.07) is 8.71. The van der Waals surface area contributed by atoms with Gasteiger partial charge in [-0.3, -0.25) is 14.9 Å². The van der Waals surface area contributed by atoms with Crippen LogP contribution in [0.5, 0.6) is 11.5 Å².